The molecule has 0 aromatic rings. The van der Waals surface area contributed by atoms with Gasteiger partial charge < -0.3 is 4.90 Å². The van der Waals surface area contributed by atoms with Crippen molar-refractivity contribution in [1.29, 1.82) is 0 Å². The van der Waals surface area contributed by atoms with E-state index in [0.29, 0.717) is 6.49 Å². The smallest absolute Gasteiger partial charge is 0.0608 e. The predicted molar refractivity (Wildman–Crippen MR) is 87.1 cm³/mol. The number of hydrogen-bond acceptors (Lipinski definition) is 1. The van der Waals surface area contributed by atoms with Crippen LogP contribution in [0.15, 0.2) is 0 Å². The van der Waals surface area contributed by atoms with E-state index in [2.05, 4.69) is 82.6 Å². The van der Waals surface area contributed by atoms with Gasteiger partial charge in [-0.05, 0) is 27.1 Å². The fraction of sp³-hybridized carbons (Fsp3) is 1.00. The van der Waals surface area contributed by atoms with Crippen LogP contribution in [0.4, 0.5) is 0 Å². The second-order valence-electron chi connectivity index (χ2n) is 5.63. The number of hydrogen-bond donors (Lipinski definition) is 0. The molecule has 3 aliphatic heterocycles. The van der Waals surface area contributed by atoms with Crippen molar-refractivity contribution in [1.82, 2.24) is 4.90 Å². The van der Waals surface area contributed by atoms with Gasteiger partial charge >= 0.3 is 0 Å². The van der Waals surface area contributed by atoms with Gasteiger partial charge in [0.1, 0.15) is 0 Å². The van der Waals surface area contributed by atoms with E-state index in [1.165, 1.54) is 13.0 Å². The van der Waals surface area contributed by atoms with Crippen LogP contribution in [0.2, 0.25) is 11.0 Å². The van der Waals surface area contributed by atoms with Crippen LogP contribution in [0.3, 0.4) is 0 Å². The Morgan fingerprint density at radius 1 is 1.12 bits per heavy atom. The SMILES string of the molecule is CN(C)CCC1B2[B][B][B][B][B][B][B]C1(C)[B]2. The van der Waals surface area contributed by atoms with E-state index in [1.807, 2.05) is 0 Å². The molecule has 0 spiro atoms. The zero-order valence-corrected chi connectivity index (χ0v) is 11.1. The lowest BCUT2D eigenvalue weighted by atomic mass is 8.72. The van der Waals surface area contributed by atoms with Crippen LogP contribution >= 0.6 is 0 Å². The maximum absolute atomic E-state index is 2.48. The van der Waals surface area contributed by atoms with Gasteiger partial charge in [0.05, 0.1) is 20.8 Å². The van der Waals surface area contributed by atoms with E-state index in [4.69, 9.17) is 0 Å². The fourth-order valence-corrected chi connectivity index (χ4v) is 2.87. The molecule has 74 valence electrons. The van der Waals surface area contributed by atoms with Crippen molar-refractivity contribution in [2.75, 3.05) is 20.6 Å². The second kappa shape index (κ2) is 6.13. The van der Waals surface area contributed by atoms with Crippen molar-refractivity contribution in [2.45, 2.75) is 24.4 Å². The Labute approximate surface area is 113 Å². The second-order valence-corrected chi connectivity index (χ2v) is 5.63. The van der Waals surface area contributed by atoms with Gasteiger partial charge in [-0.15, -0.1) is 5.21 Å². The van der Waals surface area contributed by atoms with Crippen molar-refractivity contribution in [3.63, 3.8) is 0 Å². The Morgan fingerprint density at radius 2 is 1.82 bits per heavy atom. The maximum Gasteiger partial charge on any atom is 0.0608 e. The zero-order valence-electron chi connectivity index (χ0n) is 11.1. The van der Waals surface area contributed by atoms with E-state index in [-0.39, 0.29) is 5.21 Å². The molecule has 0 aliphatic carbocycles. The van der Waals surface area contributed by atoms with Crippen molar-refractivity contribution in [2.24, 2.45) is 0 Å². The minimum Gasteiger partial charge on any atom is -0.309 e. The first-order valence-corrected chi connectivity index (χ1v) is 6.48. The van der Waals surface area contributed by atoms with E-state index >= 15 is 0 Å². The van der Waals surface area contributed by atoms with Crippen LogP contribution in [-0.4, -0.2) is 88.7 Å². The normalized spacial score (nSPS) is 30.8. The molecule has 17 heavy (non-hydrogen) atoms. The summed E-state index contributed by atoms with van der Waals surface area (Å²) in [6.07, 6.45) is 1.27. The molecule has 1 nitrogen and oxygen atoms in total. The van der Waals surface area contributed by atoms with Gasteiger partial charge in [0, 0.05) is 42.4 Å². The molecule has 2 unspecified atom stereocenters. The summed E-state index contributed by atoms with van der Waals surface area (Å²) in [6, 6.07) is 0. The third-order valence-electron chi connectivity index (χ3n) is 3.94. The van der Waals surface area contributed by atoms with Crippen molar-refractivity contribution in [3.8, 4) is 0 Å². The summed E-state index contributed by atoms with van der Waals surface area (Å²) in [5.74, 6) is 0.747. The van der Waals surface area contributed by atoms with Crippen molar-refractivity contribution in [3.05, 3.63) is 0 Å². The van der Waals surface area contributed by atoms with Crippen molar-refractivity contribution < 1.29 is 0 Å². The molecule has 3 fully saturated rings. The van der Waals surface area contributed by atoms with Gasteiger partial charge in [-0.1, -0.05) is 12.7 Å². The third kappa shape index (κ3) is 3.52. The first-order chi connectivity index (χ1) is 8.12. The molecule has 3 saturated heterocycles. The summed E-state index contributed by atoms with van der Waals surface area (Å²) in [6.45, 7) is 4.17. The minimum atomic E-state index is 0.284. The average molecular weight is 210 g/mol. The fourth-order valence-electron chi connectivity index (χ4n) is 2.87. The monoisotopic (exact) mass is 211 g/mol. The van der Waals surface area contributed by atoms with Crippen LogP contribution in [0.5, 0.6) is 0 Å². The van der Waals surface area contributed by atoms with Crippen LogP contribution in [-0.2, 0) is 0 Å². The van der Waals surface area contributed by atoms with Gasteiger partial charge in [0.2, 0.25) is 0 Å². The maximum atomic E-state index is 2.48. The Hall–Kier alpha value is 0.544. The first-order valence-electron chi connectivity index (χ1n) is 6.48. The minimum absolute atomic E-state index is 0.284. The summed E-state index contributed by atoms with van der Waals surface area (Å²) < 4.78 is 0. The molecule has 2 atom stereocenters. The first kappa shape index (κ1) is 14.0. The molecule has 0 N–H and O–H groups in total. The summed E-state index contributed by atoms with van der Waals surface area (Å²) >= 11 is 0. The Bertz CT molecular complexity index is 247. The largest absolute Gasteiger partial charge is 0.309 e. The van der Waals surface area contributed by atoms with Gasteiger partial charge in [-0.2, -0.15) is 0 Å². The van der Waals surface area contributed by atoms with E-state index in [1.54, 1.807) is 0 Å². The molecule has 0 aromatic carbocycles. The molecule has 10 heteroatoms. The molecular weight excluding hydrogens is 195 g/mol. The third-order valence-corrected chi connectivity index (χ3v) is 3.94. The summed E-state index contributed by atoms with van der Waals surface area (Å²) in [7, 11) is 22.2. The summed E-state index contributed by atoms with van der Waals surface area (Å²) in [5.41, 5.74) is 0. The highest BCUT2D eigenvalue weighted by molar-refractivity contribution is 7.72. The van der Waals surface area contributed by atoms with Gasteiger partial charge in [-0.3, -0.25) is 0 Å². The summed E-state index contributed by atoms with van der Waals surface area (Å²) in [4.78, 5) is 2.28. The Kier molecular flexibility index (Phi) is 5.03. The topological polar surface area (TPSA) is 3.24 Å². The number of fused-ring (bicyclic) bond motifs is 6. The molecule has 3 rings (SSSR count). The molecule has 8 radical (unpaired) electrons. The zero-order chi connectivity index (χ0) is 12.3. The molecule has 3 heterocycles. The average Bonchev–Trinajstić information content (AvgIpc) is 2.26. The van der Waals surface area contributed by atoms with Gasteiger partial charge in [-0.25, -0.2) is 0 Å². The molecule has 0 saturated carbocycles. The Balaban J connectivity index is 1.91. The van der Waals surface area contributed by atoms with Crippen LogP contribution in [0.25, 0.3) is 0 Å². The lowest BCUT2D eigenvalue weighted by Crippen LogP contribution is -2.63. The van der Waals surface area contributed by atoms with E-state index in [9.17, 15) is 0 Å². The van der Waals surface area contributed by atoms with Crippen LogP contribution < -0.4 is 0 Å². The molecule has 2 bridgehead atoms. The number of rotatable bonds is 3. The predicted octanol–water partition coefficient (Wildman–Crippen LogP) is -1.92. The lowest BCUT2D eigenvalue weighted by Gasteiger charge is -2.54. The standard InChI is InChI=1S/C7H14B9N/c1-7-6(4-5-17(2)3)16(9-7)15-14-13-12-11-10-8-7/h6H,4-5H2,1-3H3. The van der Waals surface area contributed by atoms with Gasteiger partial charge in [0.25, 0.3) is 0 Å². The molecule has 0 amide bonds. The highest BCUT2D eigenvalue weighted by Gasteiger charge is 2.49. The lowest BCUT2D eigenvalue weighted by molar-refractivity contribution is 0.387. The van der Waals surface area contributed by atoms with Crippen LogP contribution in [0.1, 0.15) is 13.3 Å². The van der Waals surface area contributed by atoms with E-state index < -0.39 is 0 Å². The highest BCUT2D eigenvalue weighted by Crippen LogP contribution is 2.50. The summed E-state index contributed by atoms with van der Waals surface area (Å²) in [5, 5.41) is 0.284. The molecule has 0 aromatic heterocycles. The Morgan fingerprint density at radius 3 is 2.59 bits per heavy atom. The highest BCUT2D eigenvalue weighted by atomic mass is 15.0. The van der Waals surface area contributed by atoms with Crippen molar-refractivity contribution >= 4 is 63.2 Å². The quantitative estimate of drug-likeness (QED) is 0.490. The molecule has 3 aliphatic rings. The van der Waals surface area contributed by atoms with Crippen LogP contribution in [0, 0.1) is 0 Å². The number of nitrogens with zero attached hydrogens (tertiary/aromatic N) is 1. The molecular formula is C7H14B9N. The van der Waals surface area contributed by atoms with E-state index in [0.717, 1.165) is 5.82 Å². The van der Waals surface area contributed by atoms with Gasteiger partial charge in [0.15, 0.2) is 0 Å².